The molecule has 21 heavy (non-hydrogen) atoms. The van der Waals surface area contributed by atoms with Gasteiger partial charge in [-0.3, -0.25) is 0 Å². The third kappa shape index (κ3) is 3.31. The fraction of sp³-hybridized carbons (Fsp3) is 0.154. The normalized spacial score (nSPS) is 11.8. The van der Waals surface area contributed by atoms with Crippen LogP contribution >= 0.6 is 11.6 Å². The highest BCUT2D eigenvalue weighted by Crippen LogP contribution is 2.23. The minimum atomic E-state index is -3.80. The minimum absolute atomic E-state index is 0.0216. The van der Waals surface area contributed by atoms with Crippen molar-refractivity contribution in [2.24, 2.45) is 0 Å². The molecule has 5 nitrogen and oxygen atoms in total. The molecule has 1 heterocycles. The van der Waals surface area contributed by atoms with Crippen molar-refractivity contribution in [3.63, 3.8) is 0 Å². The molecule has 0 radical (unpaired) electrons. The Kier molecular flexibility index (Phi) is 4.46. The molecule has 112 valence electrons. The van der Waals surface area contributed by atoms with Crippen molar-refractivity contribution in [2.75, 3.05) is 12.8 Å². The van der Waals surface area contributed by atoms with Crippen LogP contribution in [0.25, 0.3) is 0 Å². The van der Waals surface area contributed by atoms with Crippen LogP contribution in [0.1, 0.15) is 5.56 Å². The molecule has 8 heteroatoms. The third-order valence-electron chi connectivity index (χ3n) is 2.91. The van der Waals surface area contributed by atoms with Crippen LogP contribution in [0.5, 0.6) is 0 Å². The van der Waals surface area contributed by atoms with E-state index in [0.717, 1.165) is 10.5 Å². The van der Waals surface area contributed by atoms with Crippen molar-refractivity contribution in [3.05, 3.63) is 52.9 Å². The molecule has 1 aromatic heterocycles. The number of nitrogens with zero attached hydrogens (tertiary/aromatic N) is 2. The summed E-state index contributed by atoms with van der Waals surface area (Å²) in [4.78, 5) is 3.72. The number of hydrogen-bond donors (Lipinski definition) is 1. The second-order valence-corrected chi connectivity index (χ2v) is 6.83. The smallest absolute Gasteiger partial charge is 0.244 e. The molecule has 1 aromatic carbocycles. The van der Waals surface area contributed by atoms with Crippen LogP contribution in [0.3, 0.4) is 0 Å². The highest BCUT2D eigenvalue weighted by atomic mass is 35.5. The number of halogens is 2. The number of nitrogens with two attached hydrogens (primary N) is 1. The number of anilines is 1. The Bertz CT molecular complexity index is 730. The van der Waals surface area contributed by atoms with Crippen LogP contribution in [0.4, 0.5) is 10.2 Å². The Morgan fingerprint density at radius 3 is 2.62 bits per heavy atom. The summed E-state index contributed by atoms with van der Waals surface area (Å²) in [5, 5.41) is 0.174. The number of hydrogen-bond acceptors (Lipinski definition) is 4. The van der Waals surface area contributed by atoms with E-state index in [1.807, 2.05) is 0 Å². The van der Waals surface area contributed by atoms with Crippen LogP contribution in [0.15, 0.2) is 41.4 Å². The largest absolute Gasteiger partial charge is 0.384 e. The molecule has 0 aliphatic carbocycles. The fourth-order valence-corrected chi connectivity index (χ4v) is 3.02. The van der Waals surface area contributed by atoms with Gasteiger partial charge in [0.05, 0.1) is 0 Å². The van der Waals surface area contributed by atoms with Gasteiger partial charge in [-0.1, -0.05) is 17.7 Å². The van der Waals surface area contributed by atoms with E-state index in [1.165, 1.54) is 37.4 Å². The van der Waals surface area contributed by atoms with Gasteiger partial charge in [0.25, 0.3) is 0 Å². The molecule has 0 saturated carbocycles. The first-order valence-corrected chi connectivity index (χ1v) is 7.75. The van der Waals surface area contributed by atoms with Gasteiger partial charge in [-0.05, 0) is 24.3 Å². The van der Waals surface area contributed by atoms with Gasteiger partial charge in [0, 0.05) is 30.4 Å². The van der Waals surface area contributed by atoms with Crippen LogP contribution < -0.4 is 5.73 Å². The number of sulfonamides is 1. The molecular formula is C13H13ClFN3O2S. The van der Waals surface area contributed by atoms with Gasteiger partial charge in [-0.15, -0.1) is 0 Å². The molecule has 0 amide bonds. The van der Waals surface area contributed by atoms with E-state index in [0.29, 0.717) is 0 Å². The number of benzene rings is 1. The summed E-state index contributed by atoms with van der Waals surface area (Å²) in [5.74, 6) is -0.339. The van der Waals surface area contributed by atoms with E-state index in [4.69, 9.17) is 17.3 Å². The van der Waals surface area contributed by atoms with Crippen molar-refractivity contribution < 1.29 is 12.8 Å². The first-order chi connectivity index (χ1) is 9.82. The topological polar surface area (TPSA) is 76.3 Å². The lowest BCUT2D eigenvalue weighted by atomic mass is 10.2. The maximum Gasteiger partial charge on any atom is 0.244 e. The van der Waals surface area contributed by atoms with Crippen LogP contribution in [0, 0.1) is 5.82 Å². The lowest BCUT2D eigenvalue weighted by Crippen LogP contribution is -2.27. The maximum atomic E-state index is 13.7. The molecule has 0 atom stereocenters. The predicted octanol–water partition coefficient (Wildman–Crippen LogP) is 2.28. The highest BCUT2D eigenvalue weighted by molar-refractivity contribution is 7.89. The van der Waals surface area contributed by atoms with Crippen LogP contribution in [0.2, 0.25) is 5.02 Å². The Morgan fingerprint density at radius 2 is 2.05 bits per heavy atom. The lowest BCUT2D eigenvalue weighted by molar-refractivity contribution is 0.456. The second kappa shape index (κ2) is 5.97. The molecule has 0 aliphatic rings. The zero-order valence-electron chi connectivity index (χ0n) is 11.1. The standard InChI is InChI=1S/C13H13ClFN3O2S/c1-18(8-10-11(14)3-2-4-12(10)15)21(19,20)9-5-6-13(16)17-7-9/h2-7H,8H2,1H3,(H2,16,17). The van der Waals surface area contributed by atoms with Crippen molar-refractivity contribution in [1.82, 2.24) is 9.29 Å². The van der Waals surface area contributed by atoms with E-state index in [2.05, 4.69) is 4.98 Å². The van der Waals surface area contributed by atoms with Gasteiger partial charge in [-0.2, -0.15) is 4.31 Å². The summed E-state index contributed by atoms with van der Waals surface area (Å²) in [6.07, 6.45) is 1.16. The molecule has 0 fully saturated rings. The second-order valence-electron chi connectivity index (χ2n) is 4.38. The summed E-state index contributed by atoms with van der Waals surface area (Å²) in [7, 11) is -2.46. The zero-order valence-corrected chi connectivity index (χ0v) is 12.7. The SMILES string of the molecule is CN(Cc1c(F)cccc1Cl)S(=O)(=O)c1ccc(N)nc1. The van der Waals surface area contributed by atoms with Gasteiger partial charge < -0.3 is 5.73 Å². The Morgan fingerprint density at radius 1 is 1.33 bits per heavy atom. The average molecular weight is 330 g/mol. The first kappa shape index (κ1) is 15.7. The minimum Gasteiger partial charge on any atom is -0.384 e. The summed E-state index contributed by atoms with van der Waals surface area (Å²) in [6, 6.07) is 6.92. The maximum absolute atomic E-state index is 13.7. The van der Waals surface area contributed by atoms with E-state index in [1.54, 1.807) is 0 Å². The quantitative estimate of drug-likeness (QED) is 0.933. The zero-order chi connectivity index (χ0) is 15.6. The summed E-state index contributed by atoms with van der Waals surface area (Å²) in [6.45, 7) is -0.182. The predicted molar refractivity (Wildman–Crippen MR) is 78.7 cm³/mol. The fourth-order valence-electron chi connectivity index (χ4n) is 1.72. The molecular weight excluding hydrogens is 317 g/mol. The van der Waals surface area contributed by atoms with E-state index in [-0.39, 0.29) is 27.8 Å². The molecule has 2 rings (SSSR count). The molecule has 0 bridgehead atoms. The van der Waals surface area contributed by atoms with Gasteiger partial charge in [0.15, 0.2) is 0 Å². The van der Waals surface area contributed by atoms with Crippen LogP contribution in [-0.2, 0) is 16.6 Å². The molecule has 0 saturated heterocycles. The van der Waals surface area contributed by atoms with Gasteiger partial charge in [-0.25, -0.2) is 17.8 Å². The first-order valence-electron chi connectivity index (χ1n) is 5.93. The van der Waals surface area contributed by atoms with Crippen molar-refractivity contribution >= 4 is 27.4 Å². The summed E-state index contributed by atoms with van der Waals surface area (Å²) >= 11 is 5.90. The monoisotopic (exact) mass is 329 g/mol. The lowest BCUT2D eigenvalue weighted by Gasteiger charge is -2.18. The van der Waals surface area contributed by atoms with Crippen molar-refractivity contribution in [1.29, 1.82) is 0 Å². The summed E-state index contributed by atoms with van der Waals surface area (Å²) < 4.78 is 39.4. The van der Waals surface area contributed by atoms with Gasteiger partial charge >= 0.3 is 0 Å². The Hall–Kier alpha value is -1.70. The Balaban J connectivity index is 2.31. The molecule has 2 N–H and O–H groups in total. The highest BCUT2D eigenvalue weighted by Gasteiger charge is 2.23. The molecule has 0 spiro atoms. The van der Waals surface area contributed by atoms with Crippen molar-refractivity contribution in [3.8, 4) is 0 Å². The van der Waals surface area contributed by atoms with Crippen molar-refractivity contribution in [2.45, 2.75) is 11.4 Å². The van der Waals surface area contributed by atoms with Crippen LogP contribution in [-0.4, -0.2) is 24.8 Å². The number of nitrogen functional groups attached to an aromatic ring is 1. The Labute approximate surface area is 127 Å². The third-order valence-corrected chi connectivity index (χ3v) is 5.05. The average Bonchev–Trinajstić information content (AvgIpc) is 2.43. The number of pyridine rings is 1. The van der Waals surface area contributed by atoms with Gasteiger partial charge in [0.2, 0.25) is 10.0 Å². The number of rotatable bonds is 4. The van der Waals surface area contributed by atoms with E-state index >= 15 is 0 Å². The van der Waals surface area contributed by atoms with E-state index < -0.39 is 15.8 Å². The number of aromatic nitrogens is 1. The summed E-state index contributed by atoms with van der Waals surface area (Å²) in [5.41, 5.74) is 5.54. The molecule has 2 aromatic rings. The van der Waals surface area contributed by atoms with E-state index in [9.17, 15) is 12.8 Å². The molecule has 0 aliphatic heterocycles. The molecule has 0 unspecified atom stereocenters. The van der Waals surface area contributed by atoms with Gasteiger partial charge in [0.1, 0.15) is 16.5 Å².